The molecule has 0 unspecified atom stereocenters. The molecule has 0 bridgehead atoms. The predicted molar refractivity (Wildman–Crippen MR) is 95.3 cm³/mol. The van der Waals surface area contributed by atoms with E-state index in [0.717, 1.165) is 18.7 Å². The van der Waals surface area contributed by atoms with Gasteiger partial charge in [-0.05, 0) is 36.9 Å². The lowest BCUT2D eigenvalue weighted by Gasteiger charge is -2.13. The fourth-order valence-corrected chi connectivity index (χ4v) is 2.97. The van der Waals surface area contributed by atoms with Gasteiger partial charge >= 0.3 is 0 Å². The van der Waals surface area contributed by atoms with Crippen molar-refractivity contribution in [2.75, 3.05) is 20.6 Å². The van der Waals surface area contributed by atoms with Crippen molar-refractivity contribution in [3.63, 3.8) is 0 Å². The number of rotatable bonds is 7. The lowest BCUT2D eigenvalue weighted by molar-refractivity contribution is 0.588. The van der Waals surface area contributed by atoms with Crippen molar-refractivity contribution in [3.05, 3.63) is 54.4 Å². The van der Waals surface area contributed by atoms with Crippen molar-refractivity contribution >= 4 is 16.0 Å². The molecule has 0 saturated carbocycles. The minimum absolute atomic E-state index is 0.250. The summed E-state index contributed by atoms with van der Waals surface area (Å²) >= 11 is 0. The highest BCUT2D eigenvalue weighted by molar-refractivity contribution is 7.89. The minimum atomic E-state index is -3.43. The van der Waals surface area contributed by atoms with Gasteiger partial charge < -0.3 is 15.2 Å². The molecule has 0 radical (unpaired) electrons. The van der Waals surface area contributed by atoms with Crippen molar-refractivity contribution in [1.82, 2.24) is 19.9 Å². The smallest absolute Gasteiger partial charge is 0.240 e. The molecular weight excluding hydrogens is 326 g/mol. The summed E-state index contributed by atoms with van der Waals surface area (Å²) in [5, 5.41) is 6.40. The Labute approximate surface area is 142 Å². The SMILES string of the molecule is CN=C(NCCn1cccc1)NCc1cccc(S(=O)(=O)NC)c1. The molecule has 1 heterocycles. The molecule has 2 aromatic rings. The van der Waals surface area contributed by atoms with Crippen LogP contribution in [0.3, 0.4) is 0 Å². The van der Waals surface area contributed by atoms with E-state index in [0.29, 0.717) is 12.5 Å². The van der Waals surface area contributed by atoms with Crippen molar-refractivity contribution in [2.45, 2.75) is 18.0 Å². The Morgan fingerprint density at radius 1 is 1.17 bits per heavy atom. The molecule has 0 aliphatic carbocycles. The predicted octanol–water partition coefficient (Wildman–Crippen LogP) is 0.761. The van der Waals surface area contributed by atoms with Crippen LogP contribution in [0.4, 0.5) is 0 Å². The maximum absolute atomic E-state index is 11.8. The van der Waals surface area contributed by atoms with Crippen molar-refractivity contribution in [3.8, 4) is 0 Å². The minimum Gasteiger partial charge on any atom is -0.355 e. The van der Waals surface area contributed by atoms with Crippen molar-refractivity contribution in [1.29, 1.82) is 0 Å². The number of guanidine groups is 1. The van der Waals surface area contributed by atoms with E-state index in [-0.39, 0.29) is 4.90 Å². The number of sulfonamides is 1. The van der Waals surface area contributed by atoms with Gasteiger partial charge in [0.05, 0.1) is 4.90 Å². The molecule has 130 valence electrons. The van der Waals surface area contributed by atoms with Gasteiger partial charge in [0.1, 0.15) is 0 Å². The largest absolute Gasteiger partial charge is 0.355 e. The normalized spacial score (nSPS) is 12.2. The highest BCUT2D eigenvalue weighted by Gasteiger charge is 2.11. The molecule has 3 N–H and O–H groups in total. The first-order chi connectivity index (χ1) is 11.5. The number of hydrogen-bond donors (Lipinski definition) is 3. The van der Waals surface area contributed by atoms with Gasteiger partial charge in [0, 0.05) is 39.1 Å². The monoisotopic (exact) mass is 349 g/mol. The van der Waals surface area contributed by atoms with Crippen molar-refractivity contribution < 1.29 is 8.42 Å². The van der Waals surface area contributed by atoms with Crippen LogP contribution in [0.15, 0.2) is 58.7 Å². The lowest BCUT2D eigenvalue weighted by Crippen LogP contribution is -2.38. The number of aromatic nitrogens is 1. The zero-order valence-electron chi connectivity index (χ0n) is 13.9. The van der Waals surface area contributed by atoms with E-state index >= 15 is 0 Å². The van der Waals surface area contributed by atoms with E-state index in [4.69, 9.17) is 0 Å². The second-order valence-corrected chi connectivity index (χ2v) is 7.01. The molecule has 0 fully saturated rings. The van der Waals surface area contributed by atoms with Gasteiger partial charge in [0.2, 0.25) is 10.0 Å². The first kappa shape index (κ1) is 18.0. The van der Waals surface area contributed by atoms with Crippen LogP contribution in [0.1, 0.15) is 5.56 Å². The van der Waals surface area contributed by atoms with Gasteiger partial charge in [-0.2, -0.15) is 0 Å². The number of aliphatic imine (C=N–C) groups is 1. The summed E-state index contributed by atoms with van der Waals surface area (Å²) in [6.45, 7) is 2.06. The van der Waals surface area contributed by atoms with Crippen LogP contribution in [0.5, 0.6) is 0 Å². The quantitative estimate of drug-likeness (QED) is 0.509. The third-order valence-electron chi connectivity index (χ3n) is 3.49. The van der Waals surface area contributed by atoms with Crippen LogP contribution in [-0.2, 0) is 23.1 Å². The maximum atomic E-state index is 11.8. The van der Waals surface area contributed by atoms with Gasteiger partial charge in [-0.15, -0.1) is 0 Å². The molecule has 0 aliphatic rings. The summed E-state index contributed by atoms with van der Waals surface area (Å²) in [4.78, 5) is 4.41. The molecule has 0 amide bonds. The first-order valence-electron chi connectivity index (χ1n) is 7.63. The summed E-state index contributed by atoms with van der Waals surface area (Å²) < 4.78 is 28.1. The third kappa shape index (κ3) is 5.10. The molecule has 2 rings (SSSR count). The van der Waals surface area contributed by atoms with Crippen LogP contribution in [-0.4, -0.2) is 39.6 Å². The number of nitrogens with one attached hydrogen (secondary N) is 3. The standard InChI is InChI=1S/C16H23N5O2S/c1-17-16(19-8-11-21-9-3-4-10-21)20-13-14-6-5-7-15(12-14)24(22,23)18-2/h3-7,9-10,12,18H,8,11,13H2,1-2H3,(H2,17,19,20). The van der Waals surface area contributed by atoms with E-state index in [1.54, 1.807) is 25.2 Å². The molecule has 0 atom stereocenters. The fraction of sp³-hybridized carbons (Fsp3) is 0.312. The Morgan fingerprint density at radius 3 is 2.58 bits per heavy atom. The van der Waals surface area contributed by atoms with Crippen molar-refractivity contribution in [2.24, 2.45) is 4.99 Å². The topological polar surface area (TPSA) is 87.5 Å². The molecule has 8 heteroatoms. The second-order valence-electron chi connectivity index (χ2n) is 5.13. The summed E-state index contributed by atoms with van der Waals surface area (Å²) in [5.41, 5.74) is 0.861. The van der Waals surface area contributed by atoms with Crippen LogP contribution in [0, 0.1) is 0 Å². The molecule has 7 nitrogen and oxygen atoms in total. The Morgan fingerprint density at radius 2 is 1.92 bits per heavy atom. The Bertz CT molecular complexity index is 770. The second kappa shape index (κ2) is 8.51. The molecule has 0 aliphatic heterocycles. The van der Waals surface area contributed by atoms with Gasteiger partial charge in [-0.1, -0.05) is 12.1 Å². The maximum Gasteiger partial charge on any atom is 0.240 e. The van der Waals surface area contributed by atoms with Crippen LogP contribution in [0.25, 0.3) is 0 Å². The lowest BCUT2D eigenvalue weighted by atomic mass is 10.2. The van der Waals surface area contributed by atoms with E-state index in [1.165, 1.54) is 7.05 Å². The zero-order chi connectivity index (χ0) is 17.4. The number of hydrogen-bond acceptors (Lipinski definition) is 3. The summed E-state index contributed by atoms with van der Waals surface area (Å²) in [7, 11) is -0.330. The van der Waals surface area contributed by atoms with Crippen LogP contribution < -0.4 is 15.4 Å². The van der Waals surface area contributed by atoms with Gasteiger partial charge in [-0.25, -0.2) is 13.1 Å². The zero-order valence-corrected chi connectivity index (χ0v) is 14.7. The number of nitrogens with zero attached hydrogens (tertiary/aromatic N) is 2. The average molecular weight is 349 g/mol. The van der Waals surface area contributed by atoms with E-state index in [9.17, 15) is 8.42 Å². The molecule has 1 aromatic carbocycles. The summed E-state index contributed by atoms with van der Waals surface area (Å²) in [6, 6.07) is 10.8. The molecule has 0 spiro atoms. The van der Waals surface area contributed by atoms with Gasteiger partial charge in [0.25, 0.3) is 0 Å². The highest BCUT2D eigenvalue weighted by Crippen LogP contribution is 2.10. The van der Waals surface area contributed by atoms with E-state index in [1.807, 2.05) is 30.6 Å². The summed E-state index contributed by atoms with van der Waals surface area (Å²) in [5.74, 6) is 0.670. The molecule has 0 saturated heterocycles. The number of benzene rings is 1. The van der Waals surface area contributed by atoms with Crippen LogP contribution in [0.2, 0.25) is 0 Å². The van der Waals surface area contributed by atoms with E-state index < -0.39 is 10.0 Å². The van der Waals surface area contributed by atoms with Crippen LogP contribution >= 0.6 is 0 Å². The Kier molecular flexibility index (Phi) is 6.39. The van der Waals surface area contributed by atoms with E-state index in [2.05, 4.69) is 24.9 Å². The highest BCUT2D eigenvalue weighted by atomic mass is 32.2. The average Bonchev–Trinajstić information content (AvgIpc) is 3.11. The Hall–Kier alpha value is -2.32. The van der Waals surface area contributed by atoms with Gasteiger partial charge in [0.15, 0.2) is 5.96 Å². The molecule has 24 heavy (non-hydrogen) atoms. The fourth-order valence-electron chi connectivity index (χ4n) is 2.17. The summed E-state index contributed by atoms with van der Waals surface area (Å²) in [6.07, 6.45) is 4.01. The van der Waals surface area contributed by atoms with Gasteiger partial charge in [-0.3, -0.25) is 4.99 Å². The third-order valence-corrected chi connectivity index (χ3v) is 4.90. The first-order valence-corrected chi connectivity index (χ1v) is 9.11. The Balaban J connectivity index is 1.88. The molecular formula is C16H23N5O2S. The molecule has 1 aromatic heterocycles.